The van der Waals surface area contributed by atoms with Crippen molar-refractivity contribution >= 4 is 11.7 Å². The van der Waals surface area contributed by atoms with Crippen molar-refractivity contribution in [2.24, 2.45) is 0 Å². The lowest BCUT2D eigenvalue weighted by atomic mass is 9.84. The molecular formula is C23H18F2N2O2. The zero-order chi connectivity index (χ0) is 20.1. The molecule has 2 atom stereocenters. The van der Waals surface area contributed by atoms with E-state index in [2.05, 4.69) is 10.6 Å². The number of fused-ring (bicyclic) bond motifs is 2. The molecular weight excluding hydrogens is 374 g/mol. The fourth-order valence-electron chi connectivity index (χ4n) is 4.14. The minimum Gasteiger partial charge on any atom is -0.447 e. The Labute approximate surface area is 166 Å². The van der Waals surface area contributed by atoms with Crippen LogP contribution < -0.4 is 10.6 Å². The molecule has 0 saturated carbocycles. The first-order chi connectivity index (χ1) is 14.0. The number of cyclic esters (lactones) is 1. The van der Waals surface area contributed by atoms with E-state index in [0.29, 0.717) is 11.3 Å². The Kier molecular flexibility index (Phi) is 3.93. The highest BCUT2D eigenvalue weighted by molar-refractivity contribution is 5.94. The summed E-state index contributed by atoms with van der Waals surface area (Å²) in [5.74, 6) is -4.23. The van der Waals surface area contributed by atoms with Crippen molar-refractivity contribution < 1.29 is 18.3 Å². The van der Waals surface area contributed by atoms with Gasteiger partial charge in [-0.25, -0.2) is 4.79 Å². The first-order valence-corrected chi connectivity index (χ1v) is 9.37. The van der Waals surface area contributed by atoms with Gasteiger partial charge in [0.2, 0.25) is 0 Å². The number of esters is 1. The Morgan fingerprint density at radius 2 is 1.62 bits per heavy atom. The largest absolute Gasteiger partial charge is 0.447 e. The van der Waals surface area contributed by atoms with Crippen molar-refractivity contribution in [3.63, 3.8) is 0 Å². The van der Waals surface area contributed by atoms with Crippen LogP contribution >= 0.6 is 0 Å². The molecule has 0 radical (unpaired) electrons. The van der Waals surface area contributed by atoms with Gasteiger partial charge in [0, 0.05) is 17.8 Å². The molecule has 3 aromatic carbocycles. The standard InChI is InChI=1S/C23H18F2N2O2/c24-22(25,20-17-11-5-6-12-18(17)21(28)29-20)23(16-9-2-1-3-10-16)26-14-15-8-4-7-13-19(15)27-23/h1-13,20,26-27H,14H2. The number of rotatable bonds is 3. The van der Waals surface area contributed by atoms with Crippen LogP contribution in [0.15, 0.2) is 78.9 Å². The van der Waals surface area contributed by atoms with Crippen molar-refractivity contribution in [3.8, 4) is 0 Å². The SMILES string of the molecule is O=C1OC(C(F)(F)C2(c3ccccc3)NCc3ccccc3N2)c2ccccc21. The number of nitrogens with one attached hydrogen (secondary N) is 2. The molecule has 6 heteroatoms. The van der Waals surface area contributed by atoms with E-state index in [1.165, 1.54) is 12.1 Å². The molecule has 4 nitrogen and oxygen atoms in total. The lowest BCUT2D eigenvalue weighted by Gasteiger charge is -2.47. The highest BCUT2D eigenvalue weighted by Gasteiger charge is 2.64. The van der Waals surface area contributed by atoms with E-state index in [9.17, 15) is 4.79 Å². The van der Waals surface area contributed by atoms with Crippen LogP contribution in [-0.4, -0.2) is 11.9 Å². The summed E-state index contributed by atoms with van der Waals surface area (Å²) in [5, 5.41) is 6.05. The summed E-state index contributed by atoms with van der Waals surface area (Å²) < 4.78 is 37.8. The summed E-state index contributed by atoms with van der Waals surface area (Å²) in [6.07, 6.45) is -1.71. The zero-order valence-corrected chi connectivity index (χ0v) is 15.4. The molecule has 2 aliphatic heterocycles. The maximum absolute atomic E-state index is 16.3. The summed E-state index contributed by atoms with van der Waals surface area (Å²) in [6, 6.07) is 22.1. The number of anilines is 1. The second-order valence-corrected chi connectivity index (χ2v) is 7.25. The van der Waals surface area contributed by atoms with Gasteiger partial charge in [-0.1, -0.05) is 66.7 Å². The summed E-state index contributed by atoms with van der Waals surface area (Å²) in [5.41, 5.74) is 0.285. The second-order valence-electron chi connectivity index (χ2n) is 7.25. The monoisotopic (exact) mass is 392 g/mol. The van der Waals surface area contributed by atoms with Crippen molar-refractivity contribution in [2.75, 3.05) is 5.32 Å². The van der Waals surface area contributed by atoms with Crippen molar-refractivity contribution in [2.45, 2.75) is 24.2 Å². The molecule has 5 rings (SSSR count). The molecule has 3 aromatic rings. The van der Waals surface area contributed by atoms with Gasteiger partial charge in [0.1, 0.15) is 0 Å². The molecule has 29 heavy (non-hydrogen) atoms. The van der Waals surface area contributed by atoms with Gasteiger partial charge in [-0.3, -0.25) is 5.32 Å². The van der Waals surface area contributed by atoms with Gasteiger partial charge in [0.25, 0.3) is 0 Å². The predicted molar refractivity (Wildman–Crippen MR) is 105 cm³/mol. The maximum Gasteiger partial charge on any atom is 0.339 e. The molecule has 2 unspecified atom stereocenters. The Hall–Kier alpha value is -3.25. The lowest BCUT2D eigenvalue weighted by Crippen LogP contribution is -2.64. The van der Waals surface area contributed by atoms with Crippen molar-refractivity contribution in [3.05, 3.63) is 101 Å². The molecule has 146 valence electrons. The third-order valence-electron chi connectivity index (χ3n) is 5.61. The molecule has 2 N–H and O–H groups in total. The number of alkyl halides is 2. The van der Waals surface area contributed by atoms with Crippen LogP contribution in [0.1, 0.15) is 33.2 Å². The number of para-hydroxylation sites is 1. The summed E-state index contributed by atoms with van der Waals surface area (Å²) in [6.45, 7) is 0.246. The molecule has 0 bridgehead atoms. The van der Waals surface area contributed by atoms with Crippen LogP contribution in [0.2, 0.25) is 0 Å². The van der Waals surface area contributed by atoms with E-state index in [-0.39, 0.29) is 17.7 Å². The first kappa shape index (κ1) is 17.8. The third-order valence-corrected chi connectivity index (χ3v) is 5.61. The van der Waals surface area contributed by atoms with Gasteiger partial charge in [0.15, 0.2) is 11.8 Å². The van der Waals surface area contributed by atoms with E-state index in [1.807, 2.05) is 12.1 Å². The number of hydrogen-bond acceptors (Lipinski definition) is 4. The third kappa shape index (κ3) is 2.56. The quantitative estimate of drug-likeness (QED) is 0.640. The van der Waals surface area contributed by atoms with Crippen molar-refractivity contribution in [1.82, 2.24) is 5.32 Å². The molecule has 0 aromatic heterocycles. The fraction of sp³-hybridized carbons (Fsp3) is 0.174. The van der Waals surface area contributed by atoms with E-state index in [0.717, 1.165) is 5.56 Å². The average molecular weight is 392 g/mol. The summed E-state index contributed by atoms with van der Waals surface area (Å²) in [4.78, 5) is 12.2. The van der Waals surface area contributed by atoms with Crippen LogP contribution in [0.4, 0.5) is 14.5 Å². The van der Waals surface area contributed by atoms with Crippen LogP contribution in [-0.2, 0) is 16.9 Å². The van der Waals surface area contributed by atoms with Gasteiger partial charge in [-0.2, -0.15) is 8.78 Å². The fourth-order valence-corrected chi connectivity index (χ4v) is 4.14. The number of hydrogen-bond donors (Lipinski definition) is 2. The number of carbonyl (C=O) groups excluding carboxylic acids is 1. The summed E-state index contributed by atoms with van der Waals surface area (Å²) in [7, 11) is 0. The normalized spacial score (nSPS) is 23.0. The van der Waals surface area contributed by atoms with E-state index in [4.69, 9.17) is 4.74 Å². The highest BCUT2D eigenvalue weighted by atomic mass is 19.3. The second kappa shape index (κ2) is 6.39. The van der Waals surface area contributed by atoms with E-state index >= 15 is 8.78 Å². The molecule has 0 fully saturated rings. The number of ether oxygens (including phenoxy) is 1. The highest BCUT2D eigenvalue weighted by Crippen LogP contribution is 2.52. The van der Waals surface area contributed by atoms with Crippen LogP contribution in [0.3, 0.4) is 0 Å². The summed E-state index contributed by atoms with van der Waals surface area (Å²) >= 11 is 0. The number of halogens is 2. The first-order valence-electron chi connectivity index (χ1n) is 9.37. The predicted octanol–water partition coefficient (Wildman–Crippen LogP) is 4.60. The topological polar surface area (TPSA) is 50.4 Å². The smallest absolute Gasteiger partial charge is 0.339 e. The Balaban J connectivity index is 1.67. The molecule has 0 amide bonds. The maximum atomic E-state index is 16.3. The van der Waals surface area contributed by atoms with Gasteiger partial charge in [0.05, 0.1) is 5.56 Å². The van der Waals surface area contributed by atoms with Gasteiger partial charge < -0.3 is 10.1 Å². The van der Waals surface area contributed by atoms with Crippen LogP contribution in [0.5, 0.6) is 0 Å². The van der Waals surface area contributed by atoms with Crippen molar-refractivity contribution in [1.29, 1.82) is 0 Å². The minimum absolute atomic E-state index is 0.177. The van der Waals surface area contributed by atoms with Gasteiger partial charge in [-0.15, -0.1) is 0 Å². The number of carbonyl (C=O) groups is 1. The lowest BCUT2D eigenvalue weighted by molar-refractivity contribution is -0.165. The molecule has 0 spiro atoms. The molecule has 0 saturated heterocycles. The Morgan fingerprint density at radius 3 is 2.45 bits per heavy atom. The van der Waals surface area contributed by atoms with Gasteiger partial charge >= 0.3 is 11.9 Å². The van der Waals surface area contributed by atoms with E-state index < -0.39 is 23.7 Å². The zero-order valence-electron chi connectivity index (χ0n) is 15.4. The number of benzene rings is 3. The van der Waals surface area contributed by atoms with Gasteiger partial charge in [-0.05, 0) is 23.3 Å². The Morgan fingerprint density at radius 1 is 0.931 bits per heavy atom. The average Bonchev–Trinajstić information content (AvgIpc) is 3.11. The van der Waals surface area contributed by atoms with Crippen LogP contribution in [0, 0.1) is 0 Å². The molecule has 2 aliphatic rings. The van der Waals surface area contributed by atoms with Crippen LogP contribution in [0.25, 0.3) is 0 Å². The molecule has 2 heterocycles. The minimum atomic E-state index is -3.50. The molecule has 0 aliphatic carbocycles. The Bertz CT molecular complexity index is 1090. The van der Waals surface area contributed by atoms with E-state index in [1.54, 1.807) is 54.6 Å².